The van der Waals surface area contributed by atoms with E-state index >= 15 is 0 Å². The van der Waals surface area contributed by atoms with Crippen LogP contribution >= 0.6 is 11.6 Å². The van der Waals surface area contributed by atoms with Crippen molar-refractivity contribution in [3.05, 3.63) is 24.3 Å². The van der Waals surface area contributed by atoms with Crippen molar-refractivity contribution in [1.29, 1.82) is 0 Å². The van der Waals surface area contributed by atoms with Gasteiger partial charge in [0.25, 0.3) is 0 Å². The number of hydrogen-bond donors (Lipinski definition) is 2. The number of halogens is 1. The Morgan fingerprint density at radius 3 is 2.69 bits per heavy atom. The largest absolute Gasteiger partial charge is 0.481 e. The molecule has 4 heteroatoms. The molecule has 0 aromatic carbocycles. The fourth-order valence-corrected chi connectivity index (χ4v) is 1.57. The Labute approximate surface area is 81.9 Å². The smallest absolute Gasteiger partial charge is 0.312 e. The first-order valence-electron chi connectivity index (χ1n) is 4.02. The monoisotopic (exact) mass is 201 g/mol. The second-order valence-electron chi connectivity index (χ2n) is 3.18. The molecule has 0 amide bonds. The van der Waals surface area contributed by atoms with Gasteiger partial charge in [-0.2, -0.15) is 0 Å². The number of nitrogens with two attached hydrogens (primary N) is 1. The van der Waals surface area contributed by atoms with E-state index in [-0.39, 0.29) is 0 Å². The lowest BCUT2D eigenvalue weighted by Crippen LogP contribution is -2.48. The minimum absolute atomic E-state index is 0.406. The zero-order valence-electron chi connectivity index (χ0n) is 7.27. The molecule has 3 atom stereocenters. The van der Waals surface area contributed by atoms with Crippen molar-refractivity contribution in [3.63, 3.8) is 0 Å². The lowest BCUT2D eigenvalue weighted by Gasteiger charge is -2.33. The maximum atomic E-state index is 10.8. The molecule has 3 N–H and O–H groups in total. The van der Waals surface area contributed by atoms with Crippen LogP contribution in [0.15, 0.2) is 24.3 Å². The van der Waals surface area contributed by atoms with Gasteiger partial charge < -0.3 is 10.8 Å². The van der Waals surface area contributed by atoms with Crippen LogP contribution in [0.2, 0.25) is 0 Å². The molecule has 0 saturated carbocycles. The number of carboxylic acids is 1. The van der Waals surface area contributed by atoms with E-state index in [9.17, 15) is 4.79 Å². The quantitative estimate of drug-likeness (QED) is 0.659. The third-order valence-electron chi connectivity index (χ3n) is 2.21. The van der Waals surface area contributed by atoms with E-state index in [4.69, 9.17) is 22.4 Å². The maximum absolute atomic E-state index is 10.8. The van der Waals surface area contributed by atoms with Gasteiger partial charge in [0.15, 0.2) is 0 Å². The van der Waals surface area contributed by atoms with Gasteiger partial charge in [-0.1, -0.05) is 24.3 Å². The van der Waals surface area contributed by atoms with Gasteiger partial charge in [-0.3, -0.25) is 4.79 Å². The molecule has 1 rings (SSSR count). The van der Waals surface area contributed by atoms with Crippen molar-refractivity contribution >= 4 is 17.6 Å². The molecule has 0 saturated heterocycles. The minimum atomic E-state index is -0.999. The van der Waals surface area contributed by atoms with Gasteiger partial charge in [0.1, 0.15) is 0 Å². The van der Waals surface area contributed by atoms with Crippen molar-refractivity contribution in [2.24, 2.45) is 11.7 Å². The van der Waals surface area contributed by atoms with Gasteiger partial charge in [0, 0.05) is 6.04 Å². The second-order valence-corrected chi connectivity index (χ2v) is 3.83. The van der Waals surface area contributed by atoms with Gasteiger partial charge in [-0.15, -0.1) is 11.6 Å². The van der Waals surface area contributed by atoms with Crippen LogP contribution in [-0.4, -0.2) is 22.0 Å². The molecule has 13 heavy (non-hydrogen) atoms. The average molecular weight is 202 g/mol. The number of allylic oxidation sites excluding steroid dienone is 2. The van der Waals surface area contributed by atoms with E-state index in [0.717, 1.165) is 0 Å². The van der Waals surface area contributed by atoms with Crippen LogP contribution in [0.1, 0.15) is 6.92 Å². The zero-order chi connectivity index (χ0) is 10.1. The summed E-state index contributed by atoms with van der Waals surface area (Å²) < 4.78 is 0. The summed E-state index contributed by atoms with van der Waals surface area (Å²) >= 11 is 6.13. The third kappa shape index (κ3) is 1.76. The Balaban J connectivity index is 3.00. The predicted octanol–water partition coefficient (Wildman–Crippen LogP) is 1.14. The number of carbonyl (C=O) groups is 1. The number of carboxylic acid groups (broad SMARTS) is 1. The highest BCUT2D eigenvalue weighted by atomic mass is 35.5. The van der Waals surface area contributed by atoms with Gasteiger partial charge in [-0.05, 0) is 6.92 Å². The molecular weight excluding hydrogens is 190 g/mol. The standard InChI is InChI=1S/C9H12ClNO2/c1-6(11)9(10)5-3-2-4-7(9)8(12)13/h2-7H,11H2,1H3,(H,12,13). The molecule has 0 bridgehead atoms. The summed E-state index contributed by atoms with van der Waals surface area (Å²) in [6.45, 7) is 1.70. The fourth-order valence-electron chi connectivity index (χ4n) is 1.34. The molecule has 0 radical (unpaired) electrons. The first kappa shape index (κ1) is 10.3. The third-order valence-corrected chi connectivity index (χ3v) is 2.91. The Hall–Kier alpha value is -0.800. The summed E-state index contributed by atoms with van der Waals surface area (Å²) in [6, 6.07) is -0.406. The van der Waals surface area contributed by atoms with E-state index in [1.807, 2.05) is 0 Å². The SMILES string of the molecule is CC(N)C1(Cl)C=CC=CC1C(=O)O. The van der Waals surface area contributed by atoms with Crippen LogP contribution in [0.4, 0.5) is 0 Å². The predicted molar refractivity (Wildman–Crippen MR) is 51.6 cm³/mol. The second kappa shape index (κ2) is 3.52. The topological polar surface area (TPSA) is 63.3 Å². The highest BCUT2D eigenvalue weighted by molar-refractivity contribution is 6.27. The Morgan fingerprint density at radius 1 is 1.69 bits per heavy atom. The number of hydrogen-bond acceptors (Lipinski definition) is 2. The van der Waals surface area contributed by atoms with Gasteiger partial charge >= 0.3 is 5.97 Å². The first-order valence-corrected chi connectivity index (χ1v) is 4.39. The molecule has 1 aliphatic carbocycles. The molecule has 0 fully saturated rings. The molecule has 0 aromatic heterocycles. The molecule has 0 heterocycles. The van der Waals surface area contributed by atoms with Gasteiger partial charge in [-0.25, -0.2) is 0 Å². The van der Waals surface area contributed by atoms with Crippen molar-refractivity contribution < 1.29 is 9.90 Å². The lowest BCUT2D eigenvalue weighted by atomic mass is 9.83. The summed E-state index contributed by atoms with van der Waals surface area (Å²) in [5.41, 5.74) is 5.65. The van der Waals surface area contributed by atoms with Crippen LogP contribution in [0, 0.1) is 5.92 Å². The number of alkyl halides is 1. The Kier molecular flexibility index (Phi) is 2.78. The van der Waals surface area contributed by atoms with E-state index < -0.39 is 22.8 Å². The zero-order valence-corrected chi connectivity index (χ0v) is 8.03. The van der Waals surface area contributed by atoms with Crippen LogP contribution in [-0.2, 0) is 4.79 Å². The maximum Gasteiger partial charge on any atom is 0.312 e. The fraction of sp³-hybridized carbons (Fsp3) is 0.444. The molecule has 0 spiro atoms. The van der Waals surface area contributed by atoms with Crippen molar-refractivity contribution in [2.45, 2.75) is 17.8 Å². The van der Waals surface area contributed by atoms with E-state index in [1.54, 1.807) is 31.2 Å². The molecule has 0 aromatic rings. The van der Waals surface area contributed by atoms with Crippen LogP contribution in [0.25, 0.3) is 0 Å². The highest BCUT2D eigenvalue weighted by Gasteiger charge is 2.42. The van der Waals surface area contributed by atoms with Crippen molar-refractivity contribution in [2.75, 3.05) is 0 Å². The molecule has 3 nitrogen and oxygen atoms in total. The summed E-state index contributed by atoms with van der Waals surface area (Å²) in [4.78, 5) is 9.85. The summed E-state index contributed by atoms with van der Waals surface area (Å²) in [5, 5.41) is 8.90. The van der Waals surface area contributed by atoms with Gasteiger partial charge in [0.05, 0.1) is 10.8 Å². The number of rotatable bonds is 2. The number of aliphatic carboxylic acids is 1. The lowest BCUT2D eigenvalue weighted by molar-refractivity contribution is -0.140. The Bertz CT molecular complexity index is 273. The normalized spacial score (nSPS) is 34.5. The van der Waals surface area contributed by atoms with Crippen LogP contribution in [0.3, 0.4) is 0 Å². The Morgan fingerprint density at radius 2 is 2.31 bits per heavy atom. The highest BCUT2D eigenvalue weighted by Crippen LogP contribution is 2.34. The van der Waals surface area contributed by atoms with E-state index in [2.05, 4.69) is 0 Å². The minimum Gasteiger partial charge on any atom is -0.481 e. The van der Waals surface area contributed by atoms with Crippen LogP contribution in [0.5, 0.6) is 0 Å². The molecule has 3 unspecified atom stereocenters. The summed E-state index contributed by atoms with van der Waals surface area (Å²) in [5.74, 6) is -1.70. The summed E-state index contributed by atoms with van der Waals surface area (Å²) in [7, 11) is 0. The first-order chi connectivity index (χ1) is 5.98. The van der Waals surface area contributed by atoms with E-state index in [0.29, 0.717) is 0 Å². The van der Waals surface area contributed by atoms with Crippen LogP contribution < -0.4 is 5.73 Å². The van der Waals surface area contributed by atoms with Crippen molar-refractivity contribution in [3.8, 4) is 0 Å². The molecular formula is C9H12ClNO2. The summed E-state index contributed by atoms with van der Waals surface area (Å²) in [6.07, 6.45) is 6.58. The van der Waals surface area contributed by atoms with E-state index in [1.165, 1.54) is 0 Å². The van der Waals surface area contributed by atoms with Crippen molar-refractivity contribution in [1.82, 2.24) is 0 Å². The van der Waals surface area contributed by atoms with Gasteiger partial charge in [0.2, 0.25) is 0 Å². The average Bonchev–Trinajstić information content (AvgIpc) is 2.04. The molecule has 1 aliphatic rings. The molecule has 72 valence electrons. The molecule has 0 aliphatic heterocycles.